The molecule has 2 aromatic rings. The van der Waals surface area contributed by atoms with Crippen molar-refractivity contribution in [1.29, 1.82) is 0 Å². The predicted octanol–water partition coefficient (Wildman–Crippen LogP) is 5.64. The minimum Gasteiger partial charge on any atom is -0.311 e. The molecule has 0 saturated carbocycles. The average molecular weight is 449 g/mol. The molecule has 3 amide bonds. The molecule has 0 radical (unpaired) electrons. The molecule has 1 saturated heterocycles. The summed E-state index contributed by atoms with van der Waals surface area (Å²) < 4.78 is 0. The van der Waals surface area contributed by atoms with Crippen molar-refractivity contribution in [2.75, 3.05) is 11.9 Å². The van der Waals surface area contributed by atoms with Gasteiger partial charge in [0, 0.05) is 18.3 Å². The van der Waals surface area contributed by atoms with E-state index in [1.54, 1.807) is 18.0 Å². The molecule has 0 unspecified atom stereocenters. The number of carbonyl (C=O) groups is 3. The molecule has 1 aliphatic carbocycles. The third kappa shape index (κ3) is 4.11. The number of anilines is 1. The third-order valence-electron chi connectivity index (χ3n) is 6.62. The molecule has 6 heteroatoms. The number of hydrogen-bond donors (Lipinski definition) is 1. The number of hydrogen-bond acceptors (Lipinski definition) is 4. The summed E-state index contributed by atoms with van der Waals surface area (Å²) in [6, 6.07) is 13.5. The van der Waals surface area contributed by atoms with Crippen LogP contribution >= 0.6 is 11.8 Å². The van der Waals surface area contributed by atoms with Crippen LogP contribution in [-0.2, 0) is 15.6 Å². The molecule has 0 atom stereocenters. The summed E-state index contributed by atoms with van der Waals surface area (Å²) in [5.74, 6) is -0.440. The summed E-state index contributed by atoms with van der Waals surface area (Å²) in [6.07, 6.45) is 3.90. The Kier molecular flexibility index (Phi) is 5.53. The van der Waals surface area contributed by atoms with Crippen LogP contribution in [0, 0.1) is 0 Å². The minimum atomic E-state index is -0.380. The summed E-state index contributed by atoms with van der Waals surface area (Å²) in [6.45, 7) is 9.05. The summed E-state index contributed by atoms with van der Waals surface area (Å²) in [7, 11) is 1.77. The molecular formula is C26H28N2O3S. The fourth-order valence-corrected chi connectivity index (χ4v) is 5.08. The Labute approximate surface area is 193 Å². The van der Waals surface area contributed by atoms with E-state index in [1.807, 2.05) is 30.3 Å². The lowest BCUT2D eigenvalue weighted by molar-refractivity contribution is -0.115. The van der Waals surface area contributed by atoms with Crippen LogP contribution in [0.4, 0.5) is 10.5 Å². The van der Waals surface area contributed by atoms with Gasteiger partial charge in [0.2, 0.25) is 0 Å². The van der Waals surface area contributed by atoms with E-state index in [4.69, 9.17) is 0 Å². The highest BCUT2D eigenvalue weighted by Crippen LogP contribution is 2.46. The van der Waals surface area contributed by atoms with Gasteiger partial charge in [-0.1, -0.05) is 45.9 Å². The Morgan fingerprint density at radius 2 is 1.59 bits per heavy atom. The van der Waals surface area contributed by atoms with E-state index < -0.39 is 0 Å². The lowest BCUT2D eigenvalue weighted by Gasteiger charge is -2.42. The number of fused-ring (bicyclic) bond motifs is 1. The van der Waals surface area contributed by atoms with E-state index in [0.29, 0.717) is 10.5 Å². The van der Waals surface area contributed by atoms with Gasteiger partial charge in [-0.05, 0) is 82.5 Å². The van der Waals surface area contributed by atoms with Gasteiger partial charge in [-0.3, -0.25) is 19.7 Å². The maximum Gasteiger partial charge on any atom is 0.290 e. The van der Waals surface area contributed by atoms with Gasteiger partial charge in [-0.25, -0.2) is 0 Å². The van der Waals surface area contributed by atoms with Crippen molar-refractivity contribution in [2.45, 2.75) is 51.4 Å². The number of nitrogens with one attached hydrogen (secondary N) is 1. The van der Waals surface area contributed by atoms with Gasteiger partial charge in [-0.15, -0.1) is 0 Å². The molecule has 2 aromatic carbocycles. The van der Waals surface area contributed by atoms with Crippen LogP contribution in [0.1, 0.15) is 67.6 Å². The number of thioether (sulfide) groups is 1. The zero-order valence-electron chi connectivity index (χ0n) is 19.1. The second-order valence-electron chi connectivity index (χ2n) is 9.84. The molecule has 2 aliphatic rings. The van der Waals surface area contributed by atoms with Crippen LogP contribution in [0.25, 0.3) is 6.08 Å². The fraction of sp³-hybridized carbons (Fsp3) is 0.346. The van der Waals surface area contributed by atoms with Crippen molar-refractivity contribution in [3.63, 3.8) is 0 Å². The number of imide groups is 1. The van der Waals surface area contributed by atoms with Crippen molar-refractivity contribution in [3.05, 3.63) is 69.6 Å². The van der Waals surface area contributed by atoms with Crippen LogP contribution in [-0.4, -0.2) is 24.1 Å². The van der Waals surface area contributed by atoms with E-state index >= 15 is 0 Å². The first-order valence-electron chi connectivity index (χ1n) is 10.8. The van der Waals surface area contributed by atoms with Gasteiger partial charge < -0.3 is 4.90 Å². The van der Waals surface area contributed by atoms with Gasteiger partial charge in [0.1, 0.15) is 0 Å². The molecule has 4 rings (SSSR count). The smallest absolute Gasteiger partial charge is 0.290 e. The lowest BCUT2D eigenvalue weighted by atomic mass is 9.63. The maximum absolute atomic E-state index is 13.3. The molecular weight excluding hydrogens is 420 g/mol. The van der Waals surface area contributed by atoms with Crippen LogP contribution in [0.2, 0.25) is 0 Å². The highest BCUT2D eigenvalue weighted by Gasteiger charge is 2.37. The summed E-state index contributed by atoms with van der Waals surface area (Å²) in [5.41, 5.74) is 4.98. The van der Waals surface area contributed by atoms with Gasteiger partial charge in [0.05, 0.1) is 4.91 Å². The van der Waals surface area contributed by atoms with Crippen LogP contribution in [0.15, 0.2) is 47.4 Å². The monoisotopic (exact) mass is 448 g/mol. The molecule has 166 valence electrons. The van der Waals surface area contributed by atoms with Gasteiger partial charge >= 0.3 is 0 Å². The Bertz CT molecular complexity index is 1150. The first-order chi connectivity index (χ1) is 15.0. The van der Waals surface area contributed by atoms with Crippen molar-refractivity contribution in [1.82, 2.24) is 5.32 Å². The largest absolute Gasteiger partial charge is 0.311 e. The molecule has 5 nitrogen and oxygen atoms in total. The maximum atomic E-state index is 13.3. The Balaban J connectivity index is 1.57. The first kappa shape index (κ1) is 22.3. The van der Waals surface area contributed by atoms with Crippen molar-refractivity contribution in [2.24, 2.45) is 0 Å². The Morgan fingerprint density at radius 3 is 2.19 bits per heavy atom. The highest BCUT2D eigenvalue weighted by molar-refractivity contribution is 8.18. The summed E-state index contributed by atoms with van der Waals surface area (Å²) in [5, 5.41) is 1.88. The van der Waals surface area contributed by atoms with Crippen LogP contribution < -0.4 is 10.2 Å². The van der Waals surface area contributed by atoms with Crippen molar-refractivity contribution < 1.29 is 14.4 Å². The minimum absolute atomic E-state index is 0.0425. The van der Waals surface area contributed by atoms with E-state index in [2.05, 4.69) is 45.1 Å². The Morgan fingerprint density at radius 1 is 0.969 bits per heavy atom. The first-order valence-corrected chi connectivity index (χ1v) is 11.6. The highest BCUT2D eigenvalue weighted by atomic mass is 32.2. The second kappa shape index (κ2) is 7.93. The number of nitrogens with zero attached hydrogens (tertiary/aromatic N) is 1. The molecule has 0 spiro atoms. The molecule has 1 fully saturated rings. The van der Waals surface area contributed by atoms with Gasteiger partial charge in [0.15, 0.2) is 0 Å². The fourth-order valence-electron chi connectivity index (χ4n) is 4.40. The van der Waals surface area contributed by atoms with Crippen molar-refractivity contribution >= 4 is 40.6 Å². The SMILES string of the molecule is CN(C(=O)c1ccc2c(c1)C(C)(C)CCC2(C)C)c1ccc(C=C2SC(=O)NC2=O)cc1. The van der Waals surface area contributed by atoms with E-state index in [-0.39, 0.29) is 27.9 Å². The Hall–Kier alpha value is -2.86. The van der Waals surface area contributed by atoms with Gasteiger partial charge in [0.25, 0.3) is 17.1 Å². The molecule has 1 heterocycles. The van der Waals surface area contributed by atoms with E-state index in [1.165, 1.54) is 11.1 Å². The van der Waals surface area contributed by atoms with Gasteiger partial charge in [-0.2, -0.15) is 0 Å². The van der Waals surface area contributed by atoms with E-state index in [9.17, 15) is 14.4 Å². The topological polar surface area (TPSA) is 66.5 Å². The zero-order chi connectivity index (χ0) is 23.3. The number of amides is 3. The average Bonchev–Trinajstić information content (AvgIpc) is 3.07. The molecule has 1 aliphatic heterocycles. The van der Waals surface area contributed by atoms with E-state index in [0.717, 1.165) is 35.9 Å². The summed E-state index contributed by atoms with van der Waals surface area (Å²) in [4.78, 5) is 38.3. The predicted molar refractivity (Wildman–Crippen MR) is 130 cm³/mol. The third-order valence-corrected chi connectivity index (χ3v) is 7.44. The standard InChI is InChI=1S/C26H28N2O3S/c1-25(2)12-13-26(3,4)20-15-17(8-11-19(20)25)23(30)28(5)18-9-6-16(7-10-18)14-21-22(29)27-24(31)32-21/h6-11,14-15H,12-13H2,1-5H3,(H,27,29,31). The lowest BCUT2D eigenvalue weighted by Crippen LogP contribution is -2.34. The quantitative estimate of drug-likeness (QED) is 0.618. The normalized spacial score (nSPS) is 20.1. The molecule has 0 aromatic heterocycles. The molecule has 0 bridgehead atoms. The zero-order valence-corrected chi connectivity index (χ0v) is 19.9. The molecule has 32 heavy (non-hydrogen) atoms. The van der Waals surface area contributed by atoms with Crippen LogP contribution in [0.5, 0.6) is 0 Å². The van der Waals surface area contributed by atoms with Crippen molar-refractivity contribution in [3.8, 4) is 0 Å². The number of rotatable bonds is 3. The summed E-state index contributed by atoms with van der Waals surface area (Å²) >= 11 is 0.889. The molecule has 1 N–H and O–H groups in total. The number of carbonyl (C=O) groups excluding carboxylic acids is 3. The number of benzene rings is 2. The van der Waals surface area contributed by atoms with Crippen LogP contribution in [0.3, 0.4) is 0 Å². The second-order valence-corrected chi connectivity index (χ2v) is 10.9.